The molecule has 1 amide bonds. The largest absolute Gasteiger partial charge is 0.394 e. The summed E-state index contributed by atoms with van der Waals surface area (Å²) in [6, 6.07) is 8.57. The number of likely N-dealkylation sites (N-methyl/N-ethyl adjacent to an activating group) is 1. The zero-order valence-electron chi connectivity index (χ0n) is 12.4. The van der Waals surface area contributed by atoms with Gasteiger partial charge in [-0.2, -0.15) is 0 Å². The van der Waals surface area contributed by atoms with Crippen LogP contribution in [0.25, 0.3) is 0 Å². The predicted molar refractivity (Wildman–Crippen MR) is 79.2 cm³/mol. The number of hydrogen-bond donors (Lipinski definition) is 5. The number of rotatable bonds is 4. The van der Waals surface area contributed by atoms with Gasteiger partial charge in [0.25, 0.3) is 5.91 Å². The van der Waals surface area contributed by atoms with Crippen LogP contribution in [0.1, 0.15) is 10.4 Å². The van der Waals surface area contributed by atoms with Crippen LogP contribution in [0, 0.1) is 0 Å². The third-order valence-corrected chi connectivity index (χ3v) is 4.35. The van der Waals surface area contributed by atoms with E-state index in [1.54, 1.807) is 42.3 Å². The second-order valence-corrected chi connectivity index (χ2v) is 5.69. The minimum absolute atomic E-state index is 0.0569. The molecule has 1 saturated heterocycles. The zero-order valence-corrected chi connectivity index (χ0v) is 12.4. The SMILES string of the molecule is CN1CC(O)C(O)C(O)C1(CO)CNC(=O)c1ccccc1. The van der Waals surface area contributed by atoms with Crippen LogP contribution in [0.5, 0.6) is 0 Å². The number of benzene rings is 1. The van der Waals surface area contributed by atoms with Crippen molar-refractivity contribution >= 4 is 5.91 Å². The Hall–Kier alpha value is -1.51. The highest BCUT2D eigenvalue weighted by Crippen LogP contribution is 2.27. The number of nitrogens with zero attached hydrogens (tertiary/aromatic N) is 1. The molecule has 7 nitrogen and oxygen atoms in total. The van der Waals surface area contributed by atoms with Gasteiger partial charge in [0.1, 0.15) is 12.2 Å². The first-order valence-corrected chi connectivity index (χ1v) is 7.12. The molecule has 122 valence electrons. The Kier molecular flexibility index (Phi) is 5.15. The molecule has 1 fully saturated rings. The van der Waals surface area contributed by atoms with Gasteiger partial charge in [-0.1, -0.05) is 18.2 Å². The summed E-state index contributed by atoms with van der Waals surface area (Å²) in [5.74, 6) is -0.338. The van der Waals surface area contributed by atoms with Crippen LogP contribution >= 0.6 is 0 Å². The topological polar surface area (TPSA) is 113 Å². The fourth-order valence-corrected chi connectivity index (χ4v) is 2.76. The van der Waals surface area contributed by atoms with Gasteiger partial charge in [-0.3, -0.25) is 9.69 Å². The molecule has 0 radical (unpaired) electrons. The molecule has 1 aliphatic rings. The van der Waals surface area contributed by atoms with Gasteiger partial charge >= 0.3 is 0 Å². The van der Waals surface area contributed by atoms with Crippen molar-refractivity contribution in [2.24, 2.45) is 0 Å². The highest BCUT2D eigenvalue weighted by atomic mass is 16.4. The van der Waals surface area contributed by atoms with E-state index in [4.69, 9.17) is 0 Å². The van der Waals surface area contributed by atoms with E-state index in [1.165, 1.54) is 0 Å². The van der Waals surface area contributed by atoms with E-state index >= 15 is 0 Å². The van der Waals surface area contributed by atoms with Crippen molar-refractivity contribution in [3.63, 3.8) is 0 Å². The highest BCUT2D eigenvalue weighted by Gasteiger charge is 2.51. The number of amides is 1. The first kappa shape index (κ1) is 16.9. The van der Waals surface area contributed by atoms with E-state index in [0.29, 0.717) is 5.56 Å². The lowest BCUT2D eigenvalue weighted by atomic mass is 9.81. The average Bonchev–Trinajstić information content (AvgIpc) is 2.54. The van der Waals surface area contributed by atoms with Gasteiger partial charge in [-0.05, 0) is 19.2 Å². The third-order valence-electron chi connectivity index (χ3n) is 4.35. The quantitative estimate of drug-likeness (QED) is 0.447. The predicted octanol–water partition coefficient (Wildman–Crippen LogP) is -1.82. The summed E-state index contributed by atoms with van der Waals surface area (Å²) in [5.41, 5.74) is -0.785. The average molecular weight is 310 g/mol. The number of aliphatic hydroxyl groups excluding tert-OH is 4. The van der Waals surface area contributed by atoms with E-state index < -0.39 is 30.5 Å². The minimum atomic E-state index is -1.39. The van der Waals surface area contributed by atoms with Gasteiger partial charge in [0, 0.05) is 18.7 Å². The number of likely N-dealkylation sites (tertiary alicyclic amines) is 1. The Morgan fingerprint density at radius 2 is 1.95 bits per heavy atom. The third kappa shape index (κ3) is 2.99. The molecule has 1 aromatic rings. The molecule has 22 heavy (non-hydrogen) atoms. The monoisotopic (exact) mass is 310 g/mol. The van der Waals surface area contributed by atoms with Gasteiger partial charge in [-0.15, -0.1) is 0 Å². The Balaban J connectivity index is 2.12. The van der Waals surface area contributed by atoms with Crippen LogP contribution < -0.4 is 5.32 Å². The fraction of sp³-hybridized carbons (Fsp3) is 0.533. The molecule has 4 unspecified atom stereocenters. The van der Waals surface area contributed by atoms with Crippen LogP contribution in [0.2, 0.25) is 0 Å². The molecule has 1 heterocycles. The molecule has 0 saturated carbocycles. The van der Waals surface area contributed by atoms with Gasteiger partial charge < -0.3 is 25.7 Å². The second-order valence-electron chi connectivity index (χ2n) is 5.69. The van der Waals surface area contributed by atoms with Gasteiger partial charge in [0.05, 0.1) is 18.2 Å². The van der Waals surface area contributed by atoms with Crippen LogP contribution in [-0.2, 0) is 0 Å². The lowest BCUT2D eigenvalue weighted by molar-refractivity contribution is -0.178. The summed E-state index contributed by atoms with van der Waals surface area (Å²) in [4.78, 5) is 13.7. The number of hydrogen-bond acceptors (Lipinski definition) is 6. The molecular weight excluding hydrogens is 288 g/mol. The number of aliphatic hydroxyl groups is 4. The van der Waals surface area contributed by atoms with E-state index in [9.17, 15) is 25.2 Å². The lowest BCUT2D eigenvalue weighted by Gasteiger charge is -2.50. The number of nitrogens with one attached hydrogen (secondary N) is 1. The lowest BCUT2D eigenvalue weighted by Crippen LogP contribution is -2.73. The summed E-state index contributed by atoms with van der Waals surface area (Å²) in [6.45, 7) is -0.442. The molecule has 0 aromatic heterocycles. The summed E-state index contributed by atoms with van der Waals surface area (Å²) in [5, 5.41) is 42.2. The van der Waals surface area contributed by atoms with Crippen molar-refractivity contribution in [2.75, 3.05) is 26.7 Å². The number of piperidine rings is 1. The summed E-state index contributed by atoms with van der Waals surface area (Å²) < 4.78 is 0. The standard InChI is InChI=1S/C15H22N2O5/c1-17-7-11(19)12(20)13(21)15(17,9-18)8-16-14(22)10-5-3-2-4-6-10/h2-6,11-13,18-21H,7-9H2,1H3,(H,16,22). The Labute approximate surface area is 128 Å². The Morgan fingerprint density at radius 3 is 2.55 bits per heavy atom. The number of carbonyl (C=O) groups is 1. The van der Waals surface area contributed by atoms with E-state index in [-0.39, 0.29) is 19.0 Å². The van der Waals surface area contributed by atoms with Crippen molar-refractivity contribution in [2.45, 2.75) is 23.9 Å². The maximum atomic E-state index is 12.1. The first-order valence-electron chi connectivity index (χ1n) is 7.12. The molecule has 0 bridgehead atoms. The molecule has 7 heteroatoms. The van der Waals surface area contributed by atoms with E-state index in [1.807, 2.05) is 0 Å². The van der Waals surface area contributed by atoms with Crippen LogP contribution in [0.15, 0.2) is 30.3 Å². The van der Waals surface area contributed by atoms with Crippen molar-refractivity contribution in [1.82, 2.24) is 10.2 Å². The maximum absolute atomic E-state index is 12.1. The van der Waals surface area contributed by atoms with Gasteiger partial charge in [-0.25, -0.2) is 0 Å². The number of β-amino-alcohol motifs (C(OH)–C–C–N with tert-alkyl or cyclic N) is 1. The summed E-state index contributed by atoms with van der Waals surface area (Å²) in [6.07, 6.45) is -3.87. The van der Waals surface area contributed by atoms with E-state index in [0.717, 1.165) is 0 Å². The second kappa shape index (κ2) is 6.72. The van der Waals surface area contributed by atoms with Crippen LogP contribution in [-0.4, -0.2) is 81.8 Å². The van der Waals surface area contributed by atoms with Crippen molar-refractivity contribution < 1.29 is 25.2 Å². The molecule has 1 aliphatic heterocycles. The Bertz CT molecular complexity index is 512. The molecule has 5 N–H and O–H groups in total. The molecule has 1 aromatic carbocycles. The maximum Gasteiger partial charge on any atom is 0.251 e. The number of carbonyl (C=O) groups excluding carboxylic acids is 1. The molecule has 0 spiro atoms. The van der Waals surface area contributed by atoms with E-state index in [2.05, 4.69) is 5.32 Å². The van der Waals surface area contributed by atoms with Crippen molar-refractivity contribution in [3.8, 4) is 0 Å². The summed E-state index contributed by atoms with van der Waals surface area (Å²) >= 11 is 0. The van der Waals surface area contributed by atoms with Gasteiger partial charge in [0.15, 0.2) is 0 Å². The molecule has 2 rings (SSSR count). The molecule has 0 aliphatic carbocycles. The Morgan fingerprint density at radius 1 is 1.32 bits per heavy atom. The molecule has 4 atom stereocenters. The van der Waals surface area contributed by atoms with Crippen molar-refractivity contribution in [3.05, 3.63) is 35.9 Å². The fourth-order valence-electron chi connectivity index (χ4n) is 2.76. The zero-order chi connectivity index (χ0) is 16.3. The van der Waals surface area contributed by atoms with Gasteiger partial charge in [0.2, 0.25) is 0 Å². The van der Waals surface area contributed by atoms with Crippen LogP contribution in [0.3, 0.4) is 0 Å². The summed E-state index contributed by atoms with van der Waals surface area (Å²) in [7, 11) is 1.61. The van der Waals surface area contributed by atoms with Crippen molar-refractivity contribution in [1.29, 1.82) is 0 Å². The highest BCUT2D eigenvalue weighted by molar-refractivity contribution is 5.94. The normalized spacial score (nSPS) is 32.7. The van der Waals surface area contributed by atoms with Crippen LogP contribution in [0.4, 0.5) is 0 Å². The molecular formula is C15H22N2O5. The minimum Gasteiger partial charge on any atom is -0.394 e. The smallest absolute Gasteiger partial charge is 0.251 e. The first-order chi connectivity index (χ1) is 10.4.